The van der Waals surface area contributed by atoms with E-state index in [1.54, 1.807) is 61.0 Å². The third-order valence-corrected chi connectivity index (χ3v) is 8.62. The predicted molar refractivity (Wildman–Crippen MR) is 157 cm³/mol. The summed E-state index contributed by atoms with van der Waals surface area (Å²) in [6.45, 7) is 6.50. The lowest BCUT2D eigenvalue weighted by atomic mass is 9.83. The molecule has 0 bridgehead atoms. The summed E-state index contributed by atoms with van der Waals surface area (Å²) in [4.78, 5) is 4.83. The third-order valence-electron chi connectivity index (χ3n) is 6.66. The van der Waals surface area contributed by atoms with Crippen molar-refractivity contribution in [1.29, 1.82) is 0 Å². The fraction of sp³-hybridized carbons (Fsp3) is 0.276. The second kappa shape index (κ2) is 11.5. The van der Waals surface area contributed by atoms with Gasteiger partial charge in [-0.3, -0.25) is 4.18 Å². The number of nitrogens with zero attached hydrogens (tertiary/aromatic N) is 2. The van der Waals surface area contributed by atoms with Crippen LogP contribution in [-0.2, 0) is 32.9 Å². The van der Waals surface area contributed by atoms with Crippen molar-refractivity contribution in [3.8, 4) is 16.8 Å². The van der Waals surface area contributed by atoms with Gasteiger partial charge in [0.2, 0.25) is 0 Å². The first-order valence-electron chi connectivity index (χ1n) is 12.2. The van der Waals surface area contributed by atoms with Crippen molar-refractivity contribution >= 4 is 45.9 Å². The summed E-state index contributed by atoms with van der Waals surface area (Å²) >= 11 is 18.0. The summed E-state index contributed by atoms with van der Waals surface area (Å²) in [5.74, 6) is -0.184. The third kappa shape index (κ3) is 5.72. The van der Waals surface area contributed by atoms with Crippen molar-refractivity contribution in [3.05, 3.63) is 98.3 Å². The van der Waals surface area contributed by atoms with E-state index in [0.29, 0.717) is 49.0 Å². The van der Waals surface area contributed by atoms with E-state index in [4.69, 9.17) is 44.0 Å². The van der Waals surface area contributed by atoms with Gasteiger partial charge >= 0.3 is 0 Å². The van der Waals surface area contributed by atoms with E-state index in [1.165, 1.54) is 19.2 Å². The summed E-state index contributed by atoms with van der Waals surface area (Å²) in [5, 5.41) is 21.6. The van der Waals surface area contributed by atoms with Gasteiger partial charge in [-0.1, -0.05) is 46.9 Å². The van der Waals surface area contributed by atoms with Crippen LogP contribution >= 0.6 is 34.8 Å². The predicted octanol–water partition coefficient (Wildman–Crippen LogP) is 7.35. The maximum Gasteiger partial charge on any atom is 0.189 e. The van der Waals surface area contributed by atoms with Gasteiger partial charge in [0, 0.05) is 27.4 Å². The molecule has 0 fully saturated rings. The van der Waals surface area contributed by atoms with E-state index in [-0.39, 0.29) is 10.5 Å². The van der Waals surface area contributed by atoms with Gasteiger partial charge in [-0.15, -0.1) is 0 Å². The Kier molecular flexibility index (Phi) is 8.83. The smallest absolute Gasteiger partial charge is 0.189 e. The molecule has 1 aromatic heterocycles. The molecule has 2 N–H and O–H groups in total. The molecule has 0 aliphatic carbocycles. The zero-order chi connectivity index (χ0) is 29.6. The molecule has 0 saturated carbocycles. The summed E-state index contributed by atoms with van der Waals surface area (Å²) < 4.78 is 33.8. The highest BCUT2D eigenvalue weighted by Crippen LogP contribution is 2.42. The molecule has 0 amide bonds. The van der Waals surface area contributed by atoms with E-state index in [0.717, 1.165) is 0 Å². The SMILES string of the molecule is COS(=O)c1cc(-c2ccc(-n3cc(C(C)(C)O)nc3C(C)(C)c3c(Cl)cccc3Cl)c(Cl)c2)cc(F)c1CO. The summed E-state index contributed by atoms with van der Waals surface area (Å²) in [7, 11) is 1.23. The van der Waals surface area contributed by atoms with Gasteiger partial charge in [-0.25, -0.2) is 13.6 Å². The van der Waals surface area contributed by atoms with Gasteiger partial charge in [0.25, 0.3) is 0 Å². The molecule has 11 heteroatoms. The molecule has 3 aromatic carbocycles. The van der Waals surface area contributed by atoms with Crippen LogP contribution in [0.5, 0.6) is 0 Å². The lowest BCUT2D eigenvalue weighted by Gasteiger charge is -2.28. The summed E-state index contributed by atoms with van der Waals surface area (Å²) in [6, 6.07) is 13.1. The number of hydrogen-bond donors (Lipinski definition) is 2. The Balaban J connectivity index is 1.90. The van der Waals surface area contributed by atoms with Gasteiger partial charge in [0.15, 0.2) is 11.1 Å². The van der Waals surface area contributed by atoms with Crippen LogP contribution in [0.15, 0.2) is 59.6 Å². The number of imidazole rings is 1. The van der Waals surface area contributed by atoms with Gasteiger partial charge in [-0.2, -0.15) is 0 Å². The van der Waals surface area contributed by atoms with Crippen LogP contribution in [0, 0.1) is 5.82 Å². The molecule has 4 rings (SSSR count). The number of rotatable bonds is 8. The van der Waals surface area contributed by atoms with Gasteiger partial charge in [0.1, 0.15) is 17.2 Å². The number of halogens is 4. The van der Waals surface area contributed by atoms with E-state index in [2.05, 4.69) is 0 Å². The van der Waals surface area contributed by atoms with Crippen LogP contribution in [-0.4, -0.2) is 31.1 Å². The minimum absolute atomic E-state index is 0.0327. The highest BCUT2D eigenvalue weighted by atomic mass is 35.5. The van der Waals surface area contributed by atoms with E-state index in [9.17, 15) is 18.8 Å². The minimum Gasteiger partial charge on any atom is -0.392 e. The maximum atomic E-state index is 14.8. The Morgan fingerprint density at radius 1 is 1.00 bits per heavy atom. The standard InChI is InChI=1S/C29H28Cl3FN2O4S/c1-28(2,26-19(30)7-6-8-20(26)31)27-34-25(29(3,4)37)14-35(27)23-10-9-16(11-21(23)32)17-12-22(33)18(15-36)24(13-17)40(38)39-5/h6-14,36-37H,15H2,1-5H3. The first-order chi connectivity index (χ1) is 18.7. The van der Waals surface area contributed by atoms with Crippen molar-refractivity contribution in [1.82, 2.24) is 9.55 Å². The molecular weight excluding hydrogens is 598 g/mol. The van der Waals surface area contributed by atoms with Crippen molar-refractivity contribution < 1.29 is 23.0 Å². The van der Waals surface area contributed by atoms with Crippen LogP contribution < -0.4 is 0 Å². The van der Waals surface area contributed by atoms with E-state index < -0.39 is 34.5 Å². The molecule has 40 heavy (non-hydrogen) atoms. The largest absolute Gasteiger partial charge is 0.392 e. The fourth-order valence-corrected chi connectivity index (χ4v) is 6.47. The molecular formula is C29H28Cl3FN2O4S. The van der Waals surface area contributed by atoms with Crippen LogP contribution in [0.1, 0.15) is 50.3 Å². The number of aliphatic hydroxyl groups is 2. The number of benzene rings is 3. The monoisotopic (exact) mass is 624 g/mol. The molecule has 0 aliphatic rings. The van der Waals surface area contributed by atoms with Gasteiger partial charge in [0.05, 0.1) is 40.4 Å². The Morgan fingerprint density at radius 2 is 1.65 bits per heavy atom. The Bertz CT molecular complexity index is 1600. The van der Waals surface area contributed by atoms with Crippen molar-refractivity contribution in [2.24, 2.45) is 0 Å². The zero-order valence-corrected chi connectivity index (χ0v) is 25.5. The molecule has 1 unspecified atom stereocenters. The van der Waals surface area contributed by atoms with Crippen LogP contribution in [0.3, 0.4) is 0 Å². The average molecular weight is 626 g/mol. The molecule has 212 valence electrons. The molecule has 1 atom stereocenters. The number of aromatic nitrogens is 2. The highest BCUT2D eigenvalue weighted by molar-refractivity contribution is 7.80. The summed E-state index contributed by atoms with van der Waals surface area (Å²) in [6.07, 6.45) is 1.71. The Labute approximate surface area is 250 Å². The van der Waals surface area contributed by atoms with Crippen molar-refractivity contribution in [2.75, 3.05) is 7.11 Å². The lowest BCUT2D eigenvalue weighted by molar-refractivity contribution is 0.0740. The quantitative estimate of drug-likeness (QED) is 0.214. The minimum atomic E-state index is -1.97. The zero-order valence-electron chi connectivity index (χ0n) is 22.4. The lowest BCUT2D eigenvalue weighted by Crippen LogP contribution is -2.25. The van der Waals surface area contributed by atoms with Crippen molar-refractivity contribution in [2.45, 2.75) is 50.2 Å². The topological polar surface area (TPSA) is 84.6 Å². The molecule has 0 saturated heterocycles. The Hall–Kier alpha value is -2.30. The number of hydrogen-bond acceptors (Lipinski definition) is 5. The first kappa shape index (κ1) is 30.7. The van der Waals surface area contributed by atoms with Crippen LogP contribution in [0.4, 0.5) is 4.39 Å². The molecule has 1 heterocycles. The van der Waals surface area contributed by atoms with Gasteiger partial charge in [-0.05, 0) is 75.2 Å². The molecule has 6 nitrogen and oxygen atoms in total. The van der Waals surface area contributed by atoms with Gasteiger partial charge < -0.3 is 14.8 Å². The van der Waals surface area contributed by atoms with E-state index in [1.807, 2.05) is 13.8 Å². The van der Waals surface area contributed by atoms with Crippen LogP contribution in [0.2, 0.25) is 15.1 Å². The Morgan fingerprint density at radius 3 is 2.20 bits per heavy atom. The fourth-order valence-electron chi connectivity index (χ4n) is 4.56. The maximum absolute atomic E-state index is 14.8. The van der Waals surface area contributed by atoms with Crippen molar-refractivity contribution in [3.63, 3.8) is 0 Å². The van der Waals surface area contributed by atoms with Crippen LogP contribution in [0.25, 0.3) is 16.8 Å². The summed E-state index contributed by atoms with van der Waals surface area (Å²) in [5.41, 5.74) is 0.391. The first-order valence-corrected chi connectivity index (χ1v) is 14.4. The average Bonchev–Trinajstić information content (AvgIpc) is 3.34. The molecule has 4 aromatic rings. The second-order valence-electron chi connectivity index (χ2n) is 10.3. The molecule has 0 spiro atoms. The van der Waals surface area contributed by atoms with E-state index >= 15 is 0 Å². The highest BCUT2D eigenvalue weighted by Gasteiger charge is 2.35. The molecule has 0 aliphatic heterocycles. The molecule has 0 radical (unpaired) electrons. The number of aliphatic hydroxyl groups excluding tert-OH is 1. The second-order valence-corrected chi connectivity index (χ2v) is 12.7. The normalized spacial score (nSPS) is 13.1.